The van der Waals surface area contributed by atoms with Gasteiger partial charge in [0.2, 0.25) is 11.7 Å². The maximum absolute atomic E-state index is 13.0. The molecule has 0 saturated carbocycles. The maximum atomic E-state index is 13.0. The molecule has 4 aromatic rings. The molecule has 4 rings (SSSR count). The van der Waals surface area contributed by atoms with E-state index in [1.54, 1.807) is 61.8 Å². The molecular formula is C22H20N4O4S. The van der Waals surface area contributed by atoms with Crippen LogP contribution in [0, 0.1) is 0 Å². The van der Waals surface area contributed by atoms with E-state index in [2.05, 4.69) is 19.8 Å². The number of pyridine rings is 1. The van der Waals surface area contributed by atoms with E-state index in [1.165, 1.54) is 6.07 Å². The second-order valence-electron chi connectivity index (χ2n) is 6.57. The Hall–Kier alpha value is -3.72. The molecule has 0 aliphatic heterocycles. The molecule has 31 heavy (non-hydrogen) atoms. The summed E-state index contributed by atoms with van der Waals surface area (Å²) in [4.78, 5) is 8.52. The fourth-order valence-corrected chi connectivity index (χ4v) is 4.27. The molecule has 2 aromatic heterocycles. The second-order valence-corrected chi connectivity index (χ2v) is 8.22. The monoisotopic (exact) mass is 436 g/mol. The van der Waals surface area contributed by atoms with Crippen LogP contribution in [0.5, 0.6) is 5.75 Å². The highest BCUT2D eigenvalue weighted by Crippen LogP contribution is 2.28. The van der Waals surface area contributed by atoms with Crippen molar-refractivity contribution in [3.63, 3.8) is 0 Å². The van der Waals surface area contributed by atoms with Crippen molar-refractivity contribution in [1.29, 1.82) is 0 Å². The first-order valence-electron chi connectivity index (χ1n) is 9.62. The molecule has 0 fully saturated rings. The number of aromatic nitrogens is 3. The summed E-state index contributed by atoms with van der Waals surface area (Å²) >= 11 is 0. The van der Waals surface area contributed by atoms with Gasteiger partial charge in [-0.3, -0.25) is 9.71 Å². The van der Waals surface area contributed by atoms with E-state index in [4.69, 9.17) is 9.26 Å². The minimum Gasteiger partial charge on any atom is -0.492 e. The minimum absolute atomic E-state index is 0.0725. The number of benzene rings is 2. The first-order chi connectivity index (χ1) is 15.1. The number of nitrogens with one attached hydrogen (secondary N) is 1. The van der Waals surface area contributed by atoms with E-state index >= 15 is 0 Å². The van der Waals surface area contributed by atoms with Crippen molar-refractivity contribution in [3.8, 4) is 17.1 Å². The summed E-state index contributed by atoms with van der Waals surface area (Å²) in [5.74, 6) is 1.08. The normalized spacial score (nSPS) is 11.3. The smallest absolute Gasteiger partial charge is 0.265 e. The maximum Gasteiger partial charge on any atom is 0.265 e. The number of hydrogen-bond donors (Lipinski definition) is 1. The Balaban J connectivity index is 1.59. The Morgan fingerprint density at radius 1 is 1.03 bits per heavy atom. The topological polar surface area (TPSA) is 107 Å². The Kier molecular flexibility index (Phi) is 5.94. The van der Waals surface area contributed by atoms with Crippen molar-refractivity contribution in [1.82, 2.24) is 15.1 Å². The van der Waals surface area contributed by atoms with Gasteiger partial charge in [0, 0.05) is 18.0 Å². The number of sulfonamides is 1. The standard InChI is InChI=1S/C22H20N4O4S/c1-2-29-19-11-5-6-12-20(19)31(27,28)26-18-10-4-3-8-16(18)14-21-24-22(25-30-21)17-9-7-13-23-15-17/h3-13,15,26H,2,14H2,1H3. The predicted octanol–water partition coefficient (Wildman–Crippen LogP) is 3.92. The third kappa shape index (κ3) is 4.72. The molecule has 0 amide bonds. The van der Waals surface area contributed by atoms with Crippen molar-refractivity contribution in [2.75, 3.05) is 11.3 Å². The fraction of sp³-hybridized carbons (Fsp3) is 0.136. The van der Waals surface area contributed by atoms with Gasteiger partial charge in [-0.05, 0) is 42.8 Å². The van der Waals surface area contributed by atoms with Crippen LogP contribution in [0.3, 0.4) is 0 Å². The summed E-state index contributed by atoms with van der Waals surface area (Å²) in [5.41, 5.74) is 1.86. The minimum atomic E-state index is -3.87. The molecule has 1 N–H and O–H groups in total. The average molecular weight is 436 g/mol. The van der Waals surface area contributed by atoms with E-state index in [1.807, 2.05) is 12.1 Å². The van der Waals surface area contributed by atoms with Crippen LogP contribution in [0.25, 0.3) is 11.4 Å². The Labute approximate surface area is 180 Å². The number of hydrogen-bond acceptors (Lipinski definition) is 7. The highest BCUT2D eigenvalue weighted by atomic mass is 32.2. The number of anilines is 1. The van der Waals surface area contributed by atoms with Crippen LogP contribution in [0.4, 0.5) is 5.69 Å². The van der Waals surface area contributed by atoms with Crippen molar-refractivity contribution < 1.29 is 17.7 Å². The number of rotatable bonds is 8. The van der Waals surface area contributed by atoms with Gasteiger partial charge in [0.05, 0.1) is 18.7 Å². The first kappa shape index (κ1) is 20.5. The van der Waals surface area contributed by atoms with E-state index in [-0.39, 0.29) is 11.3 Å². The van der Waals surface area contributed by atoms with Crippen LogP contribution in [0.2, 0.25) is 0 Å². The van der Waals surface area contributed by atoms with Crippen molar-refractivity contribution in [2.45, 2.75) is 18.2 Å². The van der Waals surface area contributed by atoms with Gasteiger partial charge in [-0.25, -0.2) is 8.42 Å². The summed E-state index contributed by atoms with van der Waals surface area (Å²) in [6.45, 7) is 2.16. The quantitative estimate of drug-likeness (QED) is 0.446. The molecule has 0 aliphatic carbocycles. The molecule has 0 saturated heterocycles. The molecule has 158 valence electrons. The van der Waals surface area contributed by atoms with Crippen LogP contribution < -0.4 is 9.46 Å². The van der Waals surface area contributed by atoms with Crippen molar-refractivity contribution >= 4 is 15.7 Å². The summed E-state index contributed by atoms with van der Waals surface area (Å²) in [6, 6.07) is 17.2. The lowest BCUT2D eigenvalue weighted by atomic mass is 10.1. The number of nitrogens with zero attached hydrogens (tertiary/aromatic N) is 3. The first-order valence-corrected chi connectivity index (χ1v) is 11.1. The Morgan fingerprint density at radius 2 is 1.84 bits per heavy atom. The molecule has 0 unspecified atom stereocenters. The van der Waals surface area contributed by atoms with E-state index in [0.717, 1.165) is 5.56 Å². The predicted molar refractivity (Wildman–Crippen MR) is 115 cm³/mol. The van der Waals surface area contributed by atoms with Crippen molar-refractivity contribution in [2.24, 2.45) is 0 Å². The van der Waals surface area contributed by atoms with Crippen LogP contribution in [0.15, 0.2) is 82.5 Å². The third-order valence-electron chi connectivity index (χ3n) is 4.43. The van der Waals surface area contributed by atoms with Crippen molar-refractivity contribution in [3.05, 3.63) is 84.5 Å². The van der Waals surface area contributed by atoms with Crippen LogP contribution in [-0.2, 0) is 16.4 Å². The van der Waals surface area contributed by atoms with Gasteiger partial charge in [0.15, 0.2) is 0 Å². The van der Waals surface area contributed by atoms with Crippen LogP contribution >= 0.6 is 0 Å². The number of para-hydroxylation sites is 2. The molecular weight excluding hydrogens is 416 g/mol. The molecule has 0 atom stereocenters. The summed E-state index contributed by atoms with van der Waals surface area (Å²) < 4.78 is 39.6. The molecule has 0 radical (unpaired) electrons. The van der Waals surface area contributed by atoms with Crippen LogP contribution in [-0.4, -0.2) is 30.1 Å². The lowest BCUT2D eigenvalue weighted by Crippen LogP contribution is -2.15. The van der Waals surface area contributed by atoms with Gasteiger partial charge in [-0.15, -0.1) is 0 Å². The molecule has 0 aliphatic rings. The molecule has 0 bridgehead atoms. The van der Waals surface area contributed by atoms with Gasteiger partial charge < -0.3 is 9.26 Å². The van der Waals surface area contributed by atoms with Gasteiger partial charge >= 0.3 is 0 Å². The lowest BCUT2D eigenvalue weighted by Gasteiger charge is -2.14. The second kappa shape index (κ2) is 8.97. The van der Waals surface area contributed by atoms with Gasteiger partial charge in [-0.2, -0.15) is 4.98 Å². The van der Waals surface area contributed by atoms with E-state index in [9.17, 15) is 8.42 Å². The van der Waals surface area contributed by atoms with E-state index in [0.29, 0.717) is 35.3 Å². The summed E-state index contributed by atoms with van der Waals surface area (Å²) in [5, 5.41) is 3.99. The van der Waals surface area contributed by atoms with Gasteiger partial charge in [-0.1, -0.05) is 35.5 Å². The molecule has 0 spiro atoms. The third-order valence-corrected chi connectivity index (χ3v) is 5.83. The summed E-state index contributed by atoms with van der Waals surface area (Å²) in [6.07, 6.45) is 3.57. The highest BCUT2D eigenvalue weighted by molar-refractivity contribution is 7.92. The van der Waals surface area contributed by atoms with E-state index < -0.39 is 10.0 Å². The molecule has 9 heteroatoms. The SMILES string of the molecule is CCOc1ccccc1S(=O)(=O)Nc1ccccc1Cc1nc(-c2cccnc2)no1. The zero-order valence-corrected chi connectivity index (χ0v) is 17.5. The largest absolute Gasteiger partial charge is 0.492 e. The Morgan fingerprint density at radius 3 is 2.65 bits per heavy atom. The van der Waals surface area contributed by atoms with Crippen LogP contribution in [0.1, 0.15) is 18.4 Å². The zero-order chi connectivity index (χ0) is 21.7. The highest BCUT2D eigenvalue weighted by Gasteiger charge is 2.21. The Bertz CT molecular complexity index is 1270. The van der Waals surface area contributed by atoms with Gasteiger partial charge in [0.1, 0.15) is 10.6 Å². The zero-order valence-electron chi connectivity index (χ0n) is 16.7. The van der Waals surface area contributed by atoms with Gasteiger partial charge in [0.25, 0.3) is 10.0 Å². The molecule has 2 heterocycles. The summed E-state index contributed by atoms with van der Waals surface area (Å²) in [7, 11) is -3.87. The average Bonchev–Trinajstić information content (AvgIpc) is 3.25. The fourth-order valence-electron chi connectivity index (χ4n) is 3.02. The lowest BCUT2D eigenvalue weighted by molar-refractivity contribution is 0.331. The molecule has 8 nitrogen and oxygen atoms in total. The number of ether oxygens (including phenoxy) is 1. The molecule has 2 aromatic carbocycles.